The van der Waals surface area contributed by atoms with Crippen LogP contribution in [0, 0.1) is 0 Å². The summed E-state index contributed by atoms with van der Waals surface area (Å²) in [6, 6.07) is 8.10. The number of ether oxygens (including phenoxy) is 2. The fourth-order valence-electron chi connectivity index (χ4n) is 2.29. The average molecular weight is 291 g/mol. The number of amides is 1. The molecule has 0 aliphatic carbocycles. The molecule has 1 amide bonds. The Hall–Kier alpha value is -1.55. The standard InChI is InChI=1S/C17H25NO3/c1-17(2,3)13-6-4-7-14(12-13)20-11-9-18-16(19)15-8-5-10-21-15/h4,6-7,12,15H,5,8-11H2,1-3H3,(H,18,19). The minimum Gasteiger partial charge on any atom is -0.492 e. The van der Waals surface area contributed by atoms with Gasteiger partial charge < -0.3 is 14.8 Å². The summed E-state index contributed by atoms with van der Waals surface area (Å²) < 4.78 is 11.0. The van der Waals surface area contributed by atoms with E-state index in [1.165, 1.54) is 5.56 Å². The number of carbonyl (C=O) groups excluding carboxylic acids is 1. The summed E-state index contributed by atoms with van der Waals surface area (Å²) in [6.07, 6.45) is 1.52. The molecule has 2 rings (SSSR count). The van der Waals surface area contributed by atoms with Crippen LogP contribution in [0.4, 0.5) is 0 Å². The Morgan fingerprint density at radius 2 is 2.24 bits per heavy atom. The molecule has 1 aliphatic rings. The van der Waals surface area contributed by atoms with Gasteiger partial charge in [0, 0.05) is 6.61 Å². The second kappa shape index (κ2) is 6.94. The number of hydrogen-bond acceptors (Lipinski definition) is 3. The normalized spacial score (nSPS) is 18.5. The van der Waals surface area contributed by atoms with Gasteiger partial charge in [0.05, 0.1) is 6.54 Å². The third kappa shape index (κ3) is 4.74. The summed E-state index contributed by atoms with van der Waals surface area (Å²) >= 11 is 0. The van der Waals surface area contributed by atoms with E-state index in [-0.39, 0.29) is 17.4 Å². The van der Waals surface area contributed by atoms with Crippen LogP contribution < -0.4 is 10.1 Å². The molecule has 4 heteroatoms. The van der Waals surface area contributed by atoms with Crippen molar-refractivity contribution in [1.82, 2.24) is 5.32 Å². The van der Waals surface area contributed by atoms with Crippen LogP contribution in [0.5, 0.6) is 5.75 Å². The van der Waals surface area contributed by atoms with Crippen molar-refractivity contribution in [2.45, 2.75) is 45.1 Å². The van der Waals surface area contributed by atoms with E-state index >= 15 is 0 Å². The fourth-order valence-corrected chi connectivity index (χ4v) is 2.29. The lowest BCUT2D eigenvalue weighted by molar-refractivity contribution is -0.130. The van der Waals surface area contributed by atoms with Crippen LogP contribution in [0.15, 0.2) is 24.3 Å². The Balaban J connectivity index is 1.74. The number of hydrogen-bond donors (Lipinski definition) is 1. The first-order valence-electron chi connectivity index (χ1n) is 7.59. The molecule has 1 aromatic rings. The molecule has 1 aliphatic heterocycles. The van der Waals surface area contributed by atoms with Crippen LogP contribution in [0.3, 0.4) is 0 Å². The second-order valence-electron chi connectivity index (χ2n) is 6.42. The molecule has 1 fully saturated rings. The Morgan fingerprint density at radius 3 is 2.90 bits per heavy atom. The summed E-state index contributed by atoms with van der Waals surface area (Å²) in [5.74, 6) is 0.813. The average Bonchev–Trinajstić information content (AvgIpc) is 2.97. The molecule has 0 saturated carbocycles. The van der Waals surface area contributed by atoms with Crippen LogP contribution in [0.25, 0.3) is 0 Å². The van der Waals surface area contributed by atoms with Gasteiger partial charge in [-0.05, 0) is 36.0 Å². The molecule has 0 spiro atoms. The zero-order valence-corrected chi connectivity index (χ0v) is 13.1. The summed E-state index contributed by atoms with van der Waals surface area (Å²) in [4.78, 5) is 11.8. The highest BCUT2D eigenvalue weighted by atomic mass is 16.5. The monoisotopic (exact) mass is 291 g/mol. The van der Waals surface area contributed by atoms with E-state index in [2.05, 4.69) is 38.2 Å². The van der Waals surface area contributed by atoms with Crippen LogP contribution in [0.2, 0.25) is 0 Å². The molecule has 1 heterocycles. The molecule has 0 radical (unpaired) electrons. The number of carbonyl (C=O) groups is 1. The van der Waals surface area contributed by atoms with Gasteiger partial charge in [-0.1, -0.05) is 32.9 Å². The molecule has 1 atom stereocenters. The third-order valence-electron chi connectivity index (χ3n) is 3.59. The van der Waals surface area contributed by atoms with Gasteiger partial charge in [-0.15, -0.1) is 0 Å². The predicted molar refractivity (Wildman–Crippen MR) is 82.6 cm³/mol. The molecule has 1 N–H and O–H groups in total. The van der Waals surface area contributed by atoms with Crippen molar-refractivity contribution >= 4 is 5.91 Å². The zero-order chi connectivity index (χ0) is 15.3. The first-order chi connectivity index (χ1) is 9.97. The topological polar surface area (TPSA) is 47.6 Å². The molecular formula is C17H25NO3. The third-order valence-corrected chi connectivity index (χ3v) is 3.59. The Labute approximate surface area is 126 Å². The maximum Gasteiger partial charge on any atom is 0.249 e. The second-order valence-corrected chi connectivity index (χ2v) is 6.42. The van der Waals surface area contributed by atoms with Gasteiger partial charge in [0.25, 0.3) is 0 Å². The van der Waals surface area contributed by atoms with E-state index in [0.717, 1.165) is 18.6 Å². The molecule has 0 aromatic heterocycles. The number of benzene rings is 1. The van der Waals surface area contributed by atoms with Crippen LogP contribution in [-0.2, 0) is 14.9 Å². The van der Waals surface area contributed by atoms with E-state index in [1.807, 2.05) is 12.1 Å². The van der Waals surface area contributed by atoms with Crippen molar-refractivity contribution in [3.8, 4) is 5.75 Å². The molecule has 0 bridgehead atoms. The smallest absolute Gasteiger partial charge is 0.249 e. The Bertz CT molecular complexity index is 473. The summed E-state index contributed by atoms with van der Waals surface area (Å²) in [5.41, 5.74) is 1.34. The zero-order valence-electron chi connectivity index (χ0n) is 13.1. The summed E-state index contributed by atoms with van der Waals surface area (Å²) in [7, 11) is 0. The number of rotatable bonds is 5. The first kappa shape index (κ1) is 15.8. The minimum absolute atomic E-state index is 0.0282. The van der Waals surface area contributed by atoms with Gasteiger partial charge in [-0.2, -0.15) is 0 Å². The van der Waals surface area contributed by atoms with Gasteiger partial charge in [-0.3, -0.25) is 4.79 Å². The van der Waals surface area contributed by atoms with E-state index in [1.54, 1.807) is 0 Å². The molecule has 116 valence electrons. The first-order valence-corrected chi connectivity index (χ1v) is 7.59. The van der Waals surface area contributed by atoms with Gasteiger partial charge in [-0.25, -0.2) is 0 Å². The van der Waals surface area contributed by atoms with Crippen molar-refractivity contribution in [2.24, 2.45) is 0 Å². The lowest BCUT2D eigenvalue weighted by atomic mass is 9.87. The van der Waals surface area contributed by atoms with Crippen LogP contribution >= 0.6 is 0 Å². The molecule has 21 heavy (non-hydrogen) atoms. The van der Waals surface area contributed by atoms with Gasteiger partial charge in [0.1, 0.15) is 18.5 Å². The van der Waals surface area contributed by atoms with Crippen LogP contribution in [-0.4, -0.2) is 31.8 Å². The number of nitrogens with one attached hydrogen (secondary N) is 1. The molecular weight excluding hydrogens is 266 g/mol. The van der Waals surface area contributed by atoms with Crippen molar-refractivity contribution in [1.29, 1.82) is 0 Å². The summed E-state index contributed by atoms with van der Waals surface area (Å²) in [6.45, 7) is 8.18. The fraction of sp³-hybridized carbons (Fsp3) is 0.588. The lowest BCUT2D eigenvalue weighted by Gasteiger charge is -2.19. The van der Waals surface area contributed by atoms with Gasteiger partial charge in [0.15, 0.2) is 0 Å². The Morgan fingerprint density at radius 1 is 1.43 bits per heavy atom. The SMILES string of the molecule is CC(C)(C)c1cccc(OCCNC(=O)C2CCCO2)c1. The van der Waals surface area contributed by atoms with Crippen molar-refractivity contribution in [3.05, 3.63) is 29.8 Å². The quantitative estimate of drug-likeness (QED) is 0.848. The molecule has 4 nitrogen and oxygen atoms in total. The maximum atomic E-state index is 11.8. The predicted octanol–water partition coefficient (Wildman–Crippen LogP) is 2.66. The largest absolute Gasteiger partial charge is 0.492 e. The van der Waals surface area contributed by atoms with Gasteiger partial charge in [0.2, 0.25) is 5.91 Å². The van der Waals surface area contributed by atoms with Crippen LogP contribution in [0.1, 0.15) is 39.2 Å². The minimum atomic E-state index is -0.269. The highest BCUT2D eigenvalue weighted by Gasteiger charge is 2.22. The summed E-state index contributed by atoms with van der Waals surface area (Å²) in [5, 5.41) is 2.85. The van der Waals surface area contributed by atoms with Crippen molar-refractivity contribution < 1.29 is 14.3 Å². The Kier molecular flexibility index (Phi) is 5.23. The van der Waals surface area contributed by atoms with E-state index < -0.39 is 0 Å². The lowest BCUT2D eigenvalue weighted by Crippen LogP contribution is -2.36. The van der Waals surface area contributed by atoms with Crippen molar-refractivity contribution in [2.75, 3.05) is 19.8 Å². The maximum absolute atomic E-state index is 11.8. The highest BCUT2D eigenvalue weighted by molar-refractivity contribution is 5.80. The van der Waals surface area contributed by atoms with E-state index in [9.17, 15) is 4.79 Å². The van der Waals surface area contributed by atoms with Gasteiger partial charge >= 0.3 is 0 Å². The highest BCUT2D eigenvalue weighted by Crippen LogP contribution is 2.25. The van der Waals surface area contributed by atoms with E-state index in [4.69, 9.17) is 9.47 Å². The molecule has 1 saturated heterocycles. The molecule has 1 unspecified atom stereocenters. The van der Waals surface area contributed by atoms with Crippen molar-refractivity contribution in [3.63, 3.8) is 0 Å². The van der Waals surface area contributed by atoms with E-state index in [0.29, 0.717) is 19.8 Å². The molecule has 1 aromatic carbocycles.